The number of rotatable bonds is 3. The van der Waals surface area contributed by atoms with Crippen LogP contribution in [0.25, 0.3) is 0 Å². The van der Waals surface area contributed by atoms with Crippen LogP contribution in [0.1, 0.15) is 16.7 Å². The predicted molar refractivity (Wildman–Crippen MR) is 85.6 cm³/mol. The molecule has 0 unspecified atom stereocenters. The van der Waals surface area contributed by atoms with Crippen molar-refractivity contribution in [2.75, 3.05) is 4.72 Å². The smallest absolute Gasteiger partial charge is 0.262 e. The van der Waals surface area contributed by atoms with E-state index >= 15 is 0 Å². The maximum Gasteiger partial charge on any atom is 0.262 e. The number of hydrogen-bond acceptors (Lipinski definition) is 2. The second kappa shape index (κ2) is 5.58. The van der Waals surface area contributed by atoms with E-state index in [4.69, 9.17) is 0 Å². The fourth-order valence-electron chi connectivity index (χ4n) is 1.93. The van der Waals surface area contributed by atoms with E-state index in [1.807, 2.05) is 38.1 Å². The summed E-state index contributed by atoms with van der Waals surface area (Å²) in [6.07, 6.45) is 0. The maximum atomic E-state index is 12.5. The van der Waals surface area contributed by atoms with Crippen molar-refractivity contribution < 1.29 is 8.42 Å². The first-order valence-corrected chi connectivity index (χ1v) is 8.44. The summed E-state index contributed by atoms with van der Waals surface area (Å²) in [7, 11) is -3.58. The monoisotopic (exact) mass is 353 g/mol. The Hall–Kier alpha value is -1.33. The first kappa shape index (κ1) is 15.1. The molecule has 0 aliphatic heterocycles. The van der Waals surface area contributed by atoms with Gasteiger partial charge in [-0.3, -0.25) is 4.72 Å². The van der Waals surface area contributed by atoms with Crippen LogP contribution in [0.2, 0.25) is 0 Å². The van der Waals surface area contributed by atoms with Crippen molar-refractivity contribution in [3.05, 3.63) is 57.6 Å². The third-order valence-electron chi connectivity index (χ3n) is 3.14. The molecule has 0 saturated carbocycles. The summed E-state index contributed by atoms with van der Waals surface area (Å²) in [5.41, 5.74) is 3.10. The lowest BCUT2D eigenvalue weighted by Gasteiger charge is -2.13. The second-order valence-electron chi connectivity index (χ2n) is 4.79. The number of benzene rings is 2. The summed E-state index contributed by atoms with van der Waals surface area (Å²) in [5.74, 6) is 0. The third-order valence-corrected chi connectivity index (χ3v) is 5.50. The summed E-state index contributed by atoms with van der Waals surface area (Å²) in [6, 6.07) is 10.8. The Morgan fingerprint density at radius 3 is 2.25 bits per heavy atom. The number of hydrogen-bond donors (Lipinski definition) is 1. The number of nitrogens with one attached hydrogen (secondary N) is 1. The molecular weight excluding hydrogens is 338 g/mol. The largest absolute Gasteiger partial charge is 0.279 e. The summed E-state index contributed by atoms with van der Waals surface area (Å²) in [5, 5.41) is 0. The zero-order chi connectivity index (χ0) is 14.9. The minimum Gasteiger partial charge on any atom is -0.279 e. The van der Waals surface area contributed by atoms with Gasteiger partial charge in [-0.25, -0.2) is 8.42 Å². The van der Waals surface area contributed by atoms with Crippen LogP contribution >= 0.6 is 15.9 Å². The summed E-state index contributed by atoms with van der Waals surface area (Å²) in [6.45, 7) is 5.53. The number of para-hydroxylation sites is 1. The molecule has 1 N–H and O–H groups in total. The number of aryl methyl sites for hydroxylation is 3. The van der Waals surface area contributed by atoms with Crippen molar-refractivity contribution in [2.24, 2.45) is 0 Å². The van der Waals surface area contributed by atoms with Crippen LogP contribution in [-0.4, -0.2) is 8.42 Å². The first-order chi connectivity index (χ1) is 9.31. The molecule has 0 aromatic heterocycles. The first-order valence-electron chi connectivity index (χ1n) is 6.16. The normalized spacial score (nSPS) is 11.4. The topological polar surface area (TPSA) is 46.2 Å². The third kappa shape index (κ3) is 3.04. The van der Waals surface area contributed by atoms with Crippen molar-refractivity contribution >= 4 is 31.6 Å². The molecule has 0 amide bonds. The van der Waals surface area contributed by atoms with Crippen molar-refractivity contribution in [1.82, 2.24) is 0 Å². The van der Waals surface area contributed by atoms with Crippen LogP contribution in [0.4, 0.5) is 5.69 Å². The molecule has 2 aromatic carbocycles. The van der Waals surface area contributed by atoms with Gasteiger partial charge in [0, 0.05) is 4.47 Å². The van der Waals surface area contributed by atoms with E-state index in [1.54, 1.807) is 19.1 Å². The van der Waals surface area contributed by atoms with Crippen molar-refractivity contribution in [2.45, 2.75) is 25.7 Å². The highest BCUT2D eigenvalue weighted by molar-refractivity contribution is 9.10. The van der Waals surface area contributed by atoms with Crippen LogP contribution < -0.4 is 4.72 Å². The van der Waals surface area contributed by atoms with E-state index < -0.39 is 10.0 Å². The number of sulfonamides is 1. The molecule has 2 rings (SSSR count). The van der Waals surface area contributed by atoms with Gasteiger partial charge in [-0.15, -0.1) is 0 Å². The maximum absolute atomic E-state index is 12.5. The van der Waals surface area contributed by atoms with E-state index in [-0.39, 0.29) is 0 Å². The Labute approximate surface area is 128 Å². The Morgan fingerprint density at radius 1 is 0.950 bits per heavy atom. The van der Waals surface area contributed by atoms with Gasteiger partial charge in [-0.1, -0.05) is 34.1 Å². The van der Waals surface area contributed by atoms with Crippen LogP contribution in [0.3, 0.4) is 0 Å². The summed E-state index contributed by atoms with van der Waals surface area (Å²) < 4.78 is 28.6. The molecule has 0 radical (unpaired) electrons. The van der Waals surface area contributed by atoms with E-state index in [2.05, 4.69) is 20.7 Å². The number of anilines is 1. The van der Waals surface area contributed by atoms with Gasteiger partial charge >= 0.3 is 0 Å². The fraction of sp³-hybridized carbons (Fsp3) is 0.200. The van der Waals surface area contributed by atoms with E-state index in [0.717, 1.165) is 15.6 Å². The minimum atomic E-state index is -3.58. The fourth-order valence-corrected chi connectivity index (χ4v) is 3.83. The quantitative estimate of drug-likeness (QED) is 0.899. The second-order valence-corrected chi connectivity index (χ2v) is 7.29. The molecule has 0 spiro atoms. The Balaban J connectivity index is 2.47. The SMILES string of the molecule is Cc1cc(S(=O)(=O)Nc2ccccc2C)c(C)cc1Br. The van der Waals surface area contributed by atoms with Crippen LogP contribution in [-0.2, 0) is 10.0 Å². The van der Waals surface area contributed by atoms with Gasteiger partial charge in [0.1, 0.15) is 0 Å². The van der Waals surface area contributed by atoms with Crippen molar-refractivity contribution in [3.63, 3.8) is 0 Å². The molecule has 0 aliphatic carbocycles. The summed E-state index contributed by atoms with van der Waals surface area (Å²) >= 11 is 3.41. The lowest BCUT2D eigenvalue weighted by Crippen LogP contribution is -2.15. The van der Waals surface area contributed by atoms with Gasteiger partial charge in [0.05, 0.1) is 10.6 Å². The molecule has 3 nitrogen and oxygen atoms in total. The van der Waals surface area contributed by atoms with Gasteiger partial charge in [0.2, 0.25) is 0 Å². The highest BCUT2D eigenvalue weighted by Gasteiger charge is 2.18. The van der Waals surface area contributed by atoms with E-state index in [9.17, 15) is 8.42 Å². The van der Waals surface area contributed by atoms with Gasteiger partial charge in [-0.05, 0) is 55.7 Å². The molecule has 0 bridgehead atoms. The molecule has 2 aromatic rings. The molecule has 0 fully saturated rings. The molecular formula is C15H16BrNO2S. The molecule has 0 heterocycles. The van der Waals surface area contributed by atoms with E-state index in [0.29, 0.717) is 16.1 Å². The molecule has 0 atom stereocenters. The van der Waals surface area contributed by atoms with Crippen LogP contribution in [0, 0.1) is 20.8 Å². The van der Waals surface area contributed by atoms with Crippen molar-refractivity contribution in [1.29, 1.82) is 0 Å². The lowest BCUT2D eigenvalue weighted by atomic mass is 10.2. The van der Waals surface area contributed by atoms with Gasteiger partial charge in [-0.2, -0.15) is 0 Å². The van der Waals surface area contributed by atoms with Crippen molar-refractivity contribution in [3.8, 4) is 0 Å². The lowest BCUT2D eigenvalue weighted by molar-refractivity contribution is 0.600. The highest BCUT2D eigenvalue weighted by atomic mass is 79.9. The molecule has 20 heavy (non-hydrogen) atoms. The molecule has 5 heteroatoms. The van der Waals surface area contributed by atoms with Gasteiger partial charge in [0.25, 0.3) is 10.0 Å². The Bertz CT molecular complexity index is 754. The zero-order valence-corrected chi connectivity index (χ0v) is 14.0. The minimum absolute atomic E-state index is 0.307. The number of halogens is 1. The molecule has 0 aliphatic rings. The molecule has 0 saturated heterocycles. The molecule has 106 valence electrons. The Kier molecular flexibility index (Phi) is 4.20. The van der Waals surface area contributed by atoms with Gasteiger partial charge in [0.15, 0.2) is 0 Å². The average Bonchev–Trinajstić information content (AvgIpc) is 2.36. The van der Waals surface area contributed by atoms with E-state index in [1.165, 1.54) is 0 Å². The standard InChI is InChI=1S/C15H16BrNO2S/c1-10-6-4-5-7-14(10)17-20(18,19)15-9-11(2)13(16)8-12(15)3/h4-9,17H,1-3H3. The van der Waals surface area contributed by atoms with Gasteiger partial charge < -0.3 is 0 Å². The van der Waals surface area contributed by atoms with Crippen LogP contribution in [0.15, 0.2) is 45.8 Å². The predicted octanol–water partition coefficient (Wildman–Crippen LogP) is 4.18. The van der Waals surface area contributed by atoms with Crippen LogP contribution in [0.5, 0.6) is 0 Å². The average molecular weight is 354 g/mol. The highest BCUT2D eigenvalue weighted by Crippen LogP contribution is 2.26. The zero-order valence-electron chi connectivity index (χ0n) is 11.6. The summed E-state index contributed by atoms with van der Waals surface area (Å²) in [4.78, 5) is 0.307. The Morgan fingerprint density at radius 2 is 1.60 bits per heavy atom.